The van der Waals surface area contributed by atoms with E-state index >= 15 is 0 Å². The summed E-state index contributed by atoms with van der Waals surface area (Å²) in [5.41, 5.74) is 2.28. The highest BCUT2D eigenvalue weighted by Crippen LogP contribution is 2.26. The highest BCUT2D eigenvalue weighted by Gasteiger charge is 2.27. The van der Waals surface area contributed by atoms with Crippen molar-refractivity contribution >= 4 is 0 Å². The van der Waals surface area contributed by atoms with Gasteiger partial charge in [0.1, 0.15) is 6.17 Å². The summed E-state index contributed by atoms with van der Waals surface area (Å²) in [5, 5.41) is 3.17. The Morgan fingerprint density at radius 3 is 2.54 bits per heavy atom. The van der Waals surface area contributed by atoms with Crippen LogP contribution in [0.25, 0.3) is 0 Å². The third-order valence-corrected chi connectivity index (χ3v) is 2.58. The zero-order valence-corrected chi connectivity index (χ0v) is 7.76. The van der Waals surface area contributed by atoms with Crippen molar-refractivity contribution in [2.75, 3.05) is 6.54 Å². The maximum absolute atomic E-state index is 13.3. The molecule has 2 unspecified atom stereocenters. The van der Waals surface area contributed by atoms with Crippen LogP contribution in [0, 0.1) is 6.92 Å². The summed E-state index contributed by atoms with van der Waals surface area (Å²) in [6, 6.07) is 7.99. The van der Waals surface area contributed by atoms with Crippen LogP contribution >= 0.6 is 0 Å². The molecule has 0 aromatic heterocycles. The van der Waals surface area contributed by atoms with Gasteiger partial charge in [-0.2, -0.15) is 0 Å². The summed E-state index contributed by atoms with van der Waals surface area (Å²) >= 11 is 0. The molecule has 1 aliphatic rings. The molecule has 1 heterocycles. The van der Waals surface area contributed by atoms with Gasteiger partial charge in [0.05, 0.1) is 6.04 Å². The Morgan fingerprint density at radius 1 is 1.31 bits per heavy atom. The van der Waals surface area contributed by atoms with Gasteiger partial charge >= 0.3 is 0 Å². The van der Waals surface area contributed by atoms with Gasteiger partial charge in [-0.05, 0) is 25.5 Å². The molecule has 0 amide bonds. The Hall–Kier alpha value is -0.890. The number of rotatable bonds is 1. The van der Waals surface area contributed by atoms with Gasteiger partial charge in [0.2, 0.25) is 0 Å². The fourth-order valence-electron chi connectivity index (χ4n) is 1.77. The van der Waals surface area contributed by atoms with E-state index in [0.717, 1.165) is 12.1 Å². The lowest BCUT2D eigenvalue weighted by Gasteiger charge is -2.13. The van der Waals surface area contributed by atoms with Crippen molar-refractivity contribution < 1.29 is 4.39 Å². The normalized spacial score (nSPS) is 27.8. The Morgan fingerprint density at radius 2 is 2.00 bits per heavy atom. The molecule has 2 heteroatoms. The molecule has 2 rings (SSSR count). The molecule has 2 atom stereocenters. The minimum absolute atomic E-state index is 0.0828. The molecular weight excluding hydrogens is 165 g/mol. The average Bonchev–Trinajstić information content (AvgIpc) is 2.53. The number of halogens is 1. The first-order valence-electron chi connectivity index (χ1n) is 4.71. The van der Waals surface area contributed by atoms with E-state index in [0.29, 0.717) is 6.42 Å². The molecule has 0 aliphatic carbocycles. The number of hydrogen-bond acceptors (Lipinski definition) is 1. The van der Waals surface area contributed by atoms with Gasteiger partial charge in [0, 0.05) is 0 Å². The van der Waals surface area contributed by atoms with Crippen LogP contribution in [0.4, 0.5) is 4.39 Å². The third-order valence-electron chi connectivity index (χ3n) is 2.58. The molecule has 1 aliphatic heterocycles. The summed E-state index contributed by atoms with van der Waals surface area (Å²) in [4.78, 5) is 0. The molecule has 0 bridgehead atoms. The highest BCUT2D eigenvalue weighted by atomic mass is 19.1. The summed E-state index contributed by atoms with van der Waals surface area (Å²) in [7, 11) is 0. The Balaban J connectivity index is 2.20. The summed E-state index contributed by atoms with van der Waals surface area (Å²) in [5.74, 6) is 0. The maximum Gasteiger partial charge on any atom is 0.121 e. The number of hydrogen-bond donors (Lipinski definition) is 1. The second-order valence-electron chi connectivity index (χ2n) is 3.65. The van der Waals surface area contributed by atoms with Gasteiger partial charge in [-0.25, -0.2) is 4.39 Å². The van der Waals surface area contributed by atoms with Crippen molar-refractivity contribution in [2.45, 2.75) is 25.6 Å². The van der Waals surface area contributed by atoms with Crippen LogP contribution in [0.2, 0.25) is 0 Å². The summed E-state index contributed by atoms with van der Waals surface area (Å²) in [6.07, 6.45) is -0.0823. The van der Waals surface area contributed by atoms with E-state index < -0.39 is 6.17 Å². The lowest BCUT2D eigenvalue weighted by molar-refractivity contribution is 0.304. The van der Waals surface area contributed by atoms with Gasteiger partial charge in [0.25, 0.3) is 0 Å². The molecular formula is C11H14FN. The topological polar surface area (TPSA) is 12.0 Å². The van der Waals surface area contributed by atoms with E-state index in [2.05, 4.69) is 5.32 Å². The molecule has 1 N–H and O–H groups in total. The van der Waals surface area contributed by atoms with Crippen LogP contribution in [0.1, 0.15) is 23.6 Å². The number of aryl methyl sites for hydroxylation is 1. The van der Waals surface area contributed by atoms with Crippen molar-refractivity contribution in [3.8, 4) is 0 Å². The van der Waals surface area contributed by atoms with E-state index in [4.69, 9.17) is 0 Å². The molecule has 0 radical (unpaired) electrons. The van der Waals surface area contributed by atoms with E-state index in [1.54, 1.807) is 0 Å². The number of alkyl halides is 1. The standard InChI is InChI=1S/C11H14FN/c1-8-2-4-9(5-3-8)11-10(12)6-7-13-11/h2-5,10-11,13H,6-7H2,1H3. The van der Waals surface area contributed by atoms with E-state index in [1.165, 1.54) is 5.56 Å². The first-order chi connectivity index (χ1) is 6.27. The third kappa shape index (κ3) is 1.73. The fraction of sp³-hybridized carbons (Fsp3) is 0.455. The lowest BCUT2D eigenvalue weighted by atomic mass is 10.0. The Kier molecular flexibility index (Phi) is 2.32. The van der Waals surface area contributed by atoms with E-state index in [-0.39, 0.29) is 6.04 Å². The minimum Gasteiger partial charge on any atom is -0.307 e. The van der Waals surface area contributed by atoms with Crippen LogP contribution in [-0.2, 0) is 0 Å². The van der Waals surface area contributed by atoms with Gasteiger partial charge in [0.15, 0.2) is 0 Å². The zero-order valence-electron chi connectivity index (χ0n) is 7.76. The predicted octanol–water partition coefficient (Wildman–Crippen LogP) is 2.37. The Labute approximate surface area is 78.0 Å². The molecule has 13 heavy (non-hydrogen) atoms. The van der Waals surface area contributed by atoms with E-state index in [1.807, 2.05) is 31.2 Å². The zero-order chi connectivity index (χ0) is 9.26. The van der Waals surface area contributed by atoms with Crippen LogP contribution in [0.15, 0.2) is 24.3 Å². The quantitative estimate of drug-likeness (QED) is 0.698. The monoisotopic (exact) mass is 179 g/mol. The van der Waals surface area contributed by atoms with Crippen molar-refractivity contribution in [1.82, 2.24) is 5.32 Å². The average molecular weight is 179 g/mol. The number of nitrogens with one attached hydrogen (secondary N) is 1. The van der Waals surface area contributed by atoms with Gasteiger partial charge in [-0.3, -0.25) is 0 Å². The van der Waals surface area contributed by atoms with Gasteiger partial charge < -0.3 is 5.32 Å². The van der Waals surface area contributed by atoms with E-state index in [9.17, 15) is 4.39 Å². The summed E-state index contributed by atoms with van der Waals surface area (Å²) < 4.78 is 13.3. The van der Waals surface area contributed by atoms with Crippen LogP contribution in [0.5, 0.6) is 0 Å². The molecule has 1 aromatic rings. The smallest absolute Gasteiger partial charge is 0.121 e. The molecule has 0 spiro atoms. The maximum atomic E-state index is 13.3. The predicted molar refractivity (Wildman–Crippen MR) is 51.4 cm³/mol. The summed E-state index contributed by atoms with van der Waals surface area (Å²) in [6.45, 7) is 2.83. The molecule has 1 aromatic carbocycles. The van der Waals surface area contributed by atoms with Crippen LogP contribution in [0.3, 0.4) is 0 Å². The largest absolute Gasteiger partial charge is 0.307 e. The molecule has 1 fully saturated rings. The van der Waals surface area contributed by atoms with Gasteiger partial charge in [-0.1, -0.05) is 29.8 Å². The van der Waals surface area contributed by atoms with Crippen molar-refractivity contribution in [2.24, 2.45) is 0 Å². The second-order valence-corrected chi connectivity index (χ2v) is 3.65. The Bertz CT molecular complexity index is 281. The molecule has 1 nitrogen and oxygen atoms in total. The SMILES string of the molecule is Cc1ccc(C2NCCC2F)cc1. The molecule has 0 saturated carbocycles. The molecule has 1 saturated heterocycles. The fourth-order valence-corrected chi connectivity index (χ4v) is 1.77. The van der Waals surface area contributed by atoms with Crippen LogP contribution < -0.4 is 5.32 Å². The second kappa shape index (κ2) is 3.46. The first-order valence-corrected chi connectivity index (χ1v) is 4.71. The van der Waals surface area contributed by atoms with Gasteiger partial charge in [-0.15, -0.1) is 0 Å². The minimum atomic E-state index is -0.720. The lowest BCUT2D eigenvalue weighted by Crippen LogP contribution is -2.18. The number of benzene rings is 1. The van der Waals surface area contributed by atoms with Crippen LogP contribution in [-0.4, -0.2) is 12.7 Å². The molecule has 70 valence electrons. The van der Waals surface area contributed by atoms with Crippen molar-refractivity contribution in [1.29, 1.82) is 0 Å². The highest BCUT2D eigenvalue weighted by molar-refractivity contribution is 5.25. The first kappa shape index (κ1) is 8.70. The van der Waals surface area contributed by atoms with Crippen molar-refractivity contribution in [3.05, 3.63) is 35.4 Å². The van der Waals surface area contributed by atoms with Crippen molar-refractivity contribution in [3.63, 3.8) is 0 Å².